The van der Waals surface area contributed by atoms with Gasteiger partial charge in [0.15, 0.2) is 0 Å². The van der Waals surface area contributed by atoms with Crippen LogP contribution in [0.1, 0.15) is 52.7 Å². The molecule has 158 valence electrons. The number of nitrogens with zero attached hydrogens (tertiary/aromatic N) is 2. The van der Waals surface area contributed by atoms with Crippen molar-refractivity contribution in [3.05, 3.63) is 96.3 Å². The third kappa shape index (κ3) is 4.20. The van der Waals surface area contributed by atoms with Gasteiger partial charge < -0.3 is 0 Å². The minimum atomic E-state index is -0.0294. The van der Waals surface area contributed by atoms with Crippen LogP contribution in [-0.4, -0.2) is 9.55 Å². The highest BCUT2D eigenvalue weighted by atomic mass is 15.1. The Labute approximate surface area is 186 Å². The molecule has 4 aromatic rings. The van der Waals surface area contributed by atoms with Crippen LogP contribution >= 0.6 is 0 Å². The van der Waals surface area contributed by atoms with Crippen molar-refractivity contribution in [3.63, 3.8) is 0 Å². The molecular formula is C29H32N2. The van der Waals surface area contributed by atoms with Crippen LogP contribution in [0.25, 0.3) is 28.2 Å². The van der Waals surface area contributed by atoms with Crippen LogP contribution in [0.15, 0.2) is 85.2 Å². The molecule has 0 bridgehead atoms. The Bertz CT molecular complexity index is 1140. The molecule has 1 aromatic heterocycles. The molecule has 2 nitrogen and oxygen atoms in total. The van der Waals surface area contributed by atoms with Crippen LogP contribution in [0, 0.1) is 0 Å². The van der Waals surface area contributed by atoms with Gasteiger partial charge in [-0.05, 0) is 45.2 Å². The third-order valence-electron chi connectivity index (χ3n) is 5.75. The van der Waals surface area contributed by atoms with Crippen LogP contribution in [-0.2, 0) is 10.8 Å². The average Bonchev–Trinajstić information content (AvgIpc) is 3.22. The van der Waals surface area contributed by atoms with E-state index < -0.39 is 0 Å². The highest BCUT2D eigenvalue weighted by Gasteiger charge is 2.29. The second-order valence-electron chi connectivity index (χ2n) is 10.3. The minimum absolute atomic E-state index is 0.0294. The van der Waals surface area contributed by atoms with Gasteiger partial charge in [-0.15, -0.1) is 0 Å². The fourth-order valence-electron chi connectivity index (χ4n) is 4.12. The highest BCUT2D eigenvalue weighted by Crippen LogP contribution is 2.41. The second kappa shape index (κ2) is 7.85. The van der Waals surface area contributed by atoms with Crippen molar-refractivity contribution in [2.24, 2.45) is 0 Å². The topological polar surface area (TPSA) is 17.8 Å². The number of hydrogen-bond acceptors (Lipinski definition) is 1. The Hall–Kier alpha value is -3.13. The Balaban J connectivity index is 2.06. The van der Waals surface area contributed by atoms with E-state index in [1.54, 1.807) is 0 Å². The lowest BCUT2D eigenvalue weighted by Crippen LogP contribution is -2.22. The van der Waals surface area contributed by atoms with E-state index in [9.17, 15) is 0 Å². The molecule has 2 heteroatoms. The van der Waals surface area contributed by atoms with Gasteiger partial charge in [-0.1, -0.05) is 102 Å². The van der Waals surface area contributed by atoms with Gasteiger partial charge in [-0.25, -0.2) is 4.98 Å². The Kier molecular flexibility index (Phi) is 5.35. The molecule has 0 N–H and O–H groups in total. The van der Waals surface area contributed by atoms with Crippen molar-refractivity contribution in [1.29, 1.82) is 0 Å². The lowest BCUT2D eigenvalue weighted by atomic mass is 9.76. The van der Waals surface area contributed by atoms with Gasteiger partial charge in [-0.2, -0.15) is 0 Å². The predicted molar refractivity (Wildman–Crippen MR) is 132 cm³/mol. The highest BCUT2D eigenvalue weighted by molar-refractivity contribution is 5.72. The number of aromatic nitrogens is 2. The molecule has 0 amide bonds. The number of benzene rings is 3. The summed E-state index contributed by atoms with van der Waals surface area (Å²) in [7, 11) is 0. The third-order valence-corrected chi connectivity index (χ3v) is 5.75. The Morgan fingerprint density at radius 3 is 1.58 bits per heavy atom. The zero-order valence-electron chi connectivity index (χ0n) is 19.5. The first-order valence-corrected chi connectivity index (χ1v) is 11.0. The first-order chi connectivity index (χ1) is 14.7. The van der Waals surface area contributed by atoms with Gasteiger partial charge in [-0.3, -0.25) is 4.57 Å². The summed E-state index contributed by atoms with van der Waals surface area (Å²) in [6.45, 7) is 13.8. The van der Waals surface area contributed by atoms with Crippen LogP contribution in [0.2, 0.25) is 0 Å². The van der Waals surface area contributed by atoms with Crippen molar-refractivity contribution in [1.82, 2.24) is 9.55 Å². The van der Waals surface area contributed by atoms with E-state index in [4.69, 9.17) is 4.98 Å². The van der Waals surface area contributed by atoms with E-state index in [1.807, 2.05) is 12.3 Å². The zero-order valence-corrected chi connectivity index (χ0v) is 19.5. The number of rotatable bonds is 3. The molecule has 0 saturated heterocycles. The monoisotopic (exact) mass is 408 g/mol. The maximum absolute atomic E-state index is 4.75. The normalized spacial score (nSPS) is 12.2. The summed E-state index contributed by atoms with van der Waals surface area (Å²) in [6, 6.07) is 25.9. The molecule has 0 spiro atoms. The fourth-order valence-corrected chi connectivity index (χ4v) is 4.12. The maximum Gasteiger partial charge on any atom is 0.144 e. The van der Waals surface area contributed by atoms with Crippen molar-refractivity contribution in [2.45, 2.75) is 52.4 Å². The summed E-state index contributed by atoms with van der Waals surface area (Å²) in [6.07, 6.45) is 4.01. The van der Waals surface area contributed by atoms with Crippen molar-refractivity contribution in [2.75, 3.05) is 0 Å². The summed E-state index contributed by atoms with van der Waals surface area (Å²) in [5, 5.41) is 0. The van der Waals surface area contributed by atoms with Crippen molar-refractivity contribution in [3.8, 4) is 28.2 Å². The zero-order chi connectivity index (χ0) is 22.2. The molecule has 0 atom stereocenters. The molecule has 0 unspecified atom stereocenters. The molecule has 0 saturated carbocycles. The molecule has 3 aromatic carbocycles. The molecular weight excluding hydrogens is 376 g/mol. The van der Waals surface area contributed by atoms with Crippen LogP contribution in [0.4, 0.5) is 0 Å². The molecule has 0 aliphatic rings. The quantitative estimate of drug-likeness (QED) is 0.338. The standard InChI is InChI=1S/C29H32N2/c1-28(2,3)24-19-23(21-13-9-7-10-14-21)20-25(29(4,5)6)26(24)31-18-17-30-27(31)22-15-11-8-12-16-22/h7-20H,1-6H3. The second-order valence-corrected chi connectivity index (χ2v) is 10.3. The van der Waals surface area contributed by atoms with Crippen LogP contribution < -0.4 is 0 Å². The summed E-state index contributed by atoms with van der Waals surface area (Å²) < 4.78 is 2.28. The van der Waals surface area contributed by atoms with Gasteiger partial charge in [0.2, 0.25) is 0 Å². The van der Waals surface area contributed by atoms with Gasteiger partial charge in [0, 0.05) is 18.0 Å². The first-order valence-electron chi connectivity index (χ1n) is 11.0. The van der Waals surface area contributed by atoms with Gasteiger partial charge >= 0.3 is 0 Å². The molecule has 0 aliphatic carbocycles. The molecule has 0 fully saturated rings. The van der Waals surface area contributed by atoms with E-state index in [2.05, 4.69) is 119 Å². The summed E-state index contributed by atoms with van der Waals surface area (Å²) >= 11 is 0. The lowest BCUT2D eigenvalue weighted by Gasteiger charge is -2.32. The summed E-state index contributed by atoms with van der Waals surface area (Å²) in [4.78, 5) is 4.75. The van der Waals surface area contributed by atoms with Crippen LogP contribution in [0.3, 0.4) is 0 Å². The average molecular weight is 409 g/mol. The molecule has 1 heterocycles. The summed E-state index contributed by atoms with van der Waals surface area (Å²) in [5.74, 6) is 0.976. The minimum Gasteiger partial charge on any atom is -0.299 e. The van der Waals surface area contributed by atoms with Crippen LogP contribution in [0.5, 0.6) is 0 Å². The lowest BCUT2D eigenvalue weighted by molar-refractivity contribution is 0.562. The van der Waals surface area contributed by atoms with E-state index >= 15 is 0 Å². The van der Waals surface area contributed by atoms with E-state index in [0.717, 1.165) is 11.4 Å². The van der Waals surface area contributed by atoms with E-state index in [1.165, 1.54) is 27.9 Å². The Morgan fingerprint density at radius 2 is 1.10 bits per heavy atom. The predicted octanol–water partition coefficient (Wildman–Crippen LogP) is 7.80. The van der Waals surface area contributed by atoms with Crippen molar-refractivity contribution >= 4 is 0 Å². The fraction of sp³-hybridized carbons (Fsp3) is 0.276. The Morgan fingerprint density at radius 1 is 0.613 bits per heavy atom. The first kappa shape index (κ1) is 21.1. The number of imidazole rings is 1. The largest absolute Gasteiger partial charge is 0.299 e. The van der Waals surface area contributed by atoms with E-state index in [0.29, 0.717) is 0 Å². The molecule has 0 radical (unpaired) electrons. The smallest absolute Gasteiger partial charge is 0.144 e. The van der Waals surface area contributed by atoms with Gasteiger partial charge in [0.25, 0.3) is 0 Å². The van der Waals surface area contributed by atoms with E-state index in [-0.39, 0.29) is 10.8 Å². The van der Waals surface area contributed by atoms with Crippen molar-refractivity contribution < 1.29 is 0 Å². The maximum atomic E-state index is 4.75. The molecule has 31 heavy (non-hydrogen) atoms. The number of hydrogen-bond donors (Lipinski definition) is 0. The summed E-state index contributed by atoms with van der Waals surface area (Å²) in [5.41, 5.74) is 7.48. The molecule has 4 rings (SSSR count). The van der Waals surface area contributed by atoms with Gasteiger partial charge in [0.05, 0.1) is 5.69 Å². The SMILES string of the molecule is CC(C)(C)c1cc(-c2ccccc2)cc(C(C)(C)C)c1-n1ccnc1-c1ccccc1. The van der Waals surface area contributed by atoms with Gasteiger partial charge in [0.1, 0.15) is 5.82 Å². The molecule has 0 aliphatic heterocycles.